The van der Waals surface area contributed by atoms with Gasteiger partial charge in [-0.05, 0) is 168 Å². The summed E-state index contributed by atoms with van der Waals surface area (Å²) in [6.07, 6.45) is 0. The summed E-state index contributed by atoms with van der Waals surface area (Å²) in [6.45, 7) is 0. The van der Waals surface area contributed by atoms with Gasteiger partial charge in [-0.1, -0.05) is 212 Å². The molecule has 23 rings (SSSR count). The molecule has 10 heterocycles. The zero-order chi connectivity index (χ0) is 66.7. The molecule has 0 radical (unpaired) electrons. The smallest absolute Gasteiger partial charge is 0.178 e. The van der Waals surface area contributed by atoms with Gasteiger partial charge in [0, 0.05) is 71.5 Å². The standard InChI is InChI=1S/C50H32N4.C44H27N3O/c1-4-15-35(16-5-1)51-42-24-13-12-22-39(42)41-31-33(27-29-44(41)51)34-28-30-45-47(32-34)53(37-19-8-3-9-20-37)49-46-26-14-25-43-38-21-10-11-23-40(38)48(54(43)46)50(49)52(45)36-17-6-2-7-18-36;1-3-12-30(13-4-1)45-36-19-10-9-17-33(36)35-26-28(22-24-38(35)45)29-23-25-41-40(27-29)46(31-14-5-2-6-15-31)43-39-21-11-20-37-32-16-7-8-18-34(32)42(47(37)39)44(43)48-41/h1-32H;1-27H. The molecule has 0 spiro atoms. The van der Waals surface area contributed by atoms with E-state index >= 15 is 0 Å². The van der Waals surface area contributed by atoms with Crippen molar-refractivity contribution in [1.29, 1.82) is 0 Å². The van der Waals surface area contributed by atoms with Crippen molar-refractivity contribution in [2.75, 3.05) is 14.7 Å². The molecule has 0 saturated heterocycles. The summed E-state index contributed by atoms with van der Waals surface area (Å²) in [6, 6.07) is 129. The van der Waals surface area contributed by atoms with E-state index in [-0.39, 0.29) is 0 Å². The Hall–Kier alpha value is -13.8. The fourth-order valence-electron chi connectivity index (χ4n) is 17.1. The molecule has 8 heteroatoms. The van der Waals surface area contributed by atoms with Crippen LogP contribution >= 0.6 is 0 Å². The summed E-state index contributed by atoms with van der Waals surface area (Å²) < 4.78 is 16.5. The SMILES string of the molecule is c1ccc(N2c3cc(-c4ccc5c(c4)c4ccccc4n5-c4ccccc4)ccc3N(c3ccccc3)c3c2c2cccc4c5ccccc5c3n24)cc1.c1ccc(N2c3cc(-c4ccc5c(c4)c4ccccc4n5-c4ccccc4)ccc3Oc3c2c2cccc4c5ccccc5c3n24)cc1. The van der Waals surface area contributed by atoms with Gasteiger partial charge >= 0.3 is 0 Å². The lowest BCUT2D eigenvalue weighted by Crippen LogP contribution is -2.23. The molecule has 0 atom stereocenters. The lowest BCUT2D eigenvalue weighted by atomic mass is 9.98. The fourth-order valence-corrected chi connectivity index (χ4v) is 17.1. The van der Waals surface area contributed by atoms with E-state index in [0.717, 1.165) is 73.6 Å². The van der Waals surface area contributed by atoms with E-state index in [1.807, 2.05) is 0 Å². The Morgan fingerprint density at radius 2 is 0.539 bits per heavy atom. The Morgan fingerprint density at radius 1 is 0.196 bits per heavy atom. The summed E-state index contributed by atoms with van der Waals surface area (Å²) in [5, 5.41) is 9.94. The van der Waals surface area contributed by atoms with Crippen LogP contribution in [-0.4, -0.2) is 17.9 Å². The predicted octanol–water partition coefficient (Wildman–Crippen LogP) is 25.7. The van der Waals surface area contributed by atoms with Crippen LogP contribution in [0.1, 0.15) is 0 Å². The van der Waals surface area contributed by atoms with Crippen molar-refractivity contribution < 1.29 is 4.74 Å². The minimum Gasteiger partial charge on any atom is -0.451 e. The number of pyridine rings is 2. The molecule has 102 heavy (non-hydrogen) atoms. The van der Waals surface area contributed by atoms with E-state index in [0.29, 0.717) is 0 Å². The second-order valence-electron chi connectivity index (χ2n) is 26.8. The molecule has 21 aromatic rings. The second-order valence-corrected chi connectivity index (χ2v) is 26.8. The highest BCUT2D eigenvalue weighted by Gasteiger charge is 2.38. The Balaban J connectivity index is 0.000000130. The fraction of sp³-hybridized carbons (Fsp3) is 0. The van der Waals surface area contributed by atoms with E-state index < -0.39 is 0 Å². The van der Waals surface area contributed by atoms with E-state index in [2.05, 4.69) is 391 Å². The van der Waals surface area contributed by atoms with Crippen LogP contribution in [0, 0.1) is 0 Å². The Kier molecular flexibility index (Phi) is 12.0. The van der Waals surface area contributed by atoms with Gasteiger partial charge in [0.05, 0.1) is 83.6 Å². The number of anilines is 9. The van der Waals surface area contributed by atoms with Gasteiger partial charge in [-0.2, -0.15) is 0 Å². The highest BCUT2D eigenvalue weighted by Crippen LogP contribution is 2.62. The summed E-state index contributed by atoms with van der Waals surface area (Å²) >= 11 is 0. The molecule has 0 bridgehead atoms. The summed E-state index contributed by atoms with van der Waals surface area (Å²) in [5.74, 6) is 1.74. The van der Waals surface area contributed by atoms with Crippen LogP contribution in [-0.2, 0) is 0 Å². The summed E-state index contributed by atoms with van der Waals surface area (Å²) in [4.78, 5) is 7.36. The van der Waals surface area contributed by atoms with E-state index in [1.54, 1.807) is 0 Å². The highest BCUT2D eigenvalue weighted by molar-refractivity contribution is 6.24. The van der Waals surface area contributed by atoms with Gasteiger partial charge in [-0.3, -0.25) is 0 Å². The first-order valence-corrected chi connectivity index (χ1v) is 34.9. The number of aromatic nitrogens is 4. The number of ether oxygens (including phenoxy) is 1. The highest BCUT2D eigenvalue weighted by atomic mass is 16.5. The first-order valence-electron chi connectivity index (χ1n) is 34.9. The predicted molar refractivity (Wildman–Crippen MR) is 424 cm³/mol. The zero-order valence-electron chi connectivity index (χ0n) is 55.1. The van der Waals surface area contributed by atoms with Crippen molar-refractivity contribution in [1.82, 2.24) is 17.9 Å². The largest absolute Gasteiger partial charge is 0.451 e. The van der Waals surface area contributed by atoms with Crippen LogP contribution in [0.4, 0.5) is 51.2 Å². The van der Waals surface area contributed by atoms with E-state index in [1.165, 1.54) is 121 Å². The van der Waals surface area contributed by atoms with Crippen LogP contribution in [0.15, 0.2) is 358 Å². The van der Waals surface area contributed by atoms with Crippen molar-refractivity contribution in [3.63, 3.8) is 0 Å². The van der Waals surface area contributed by atoms with Crippen molar-refractivity contribution in [2.45, 2.75) is 0 Å². The molecular weight excluding hydrogens is 1240 g/mol. The molecule has 0 aliphatic carbocycles. The molecule has 2 aliphatic heterocycles. The van der Waals surface area contributed by atoms with Crippen LogP contribution in [0.25, 0.3) is 132 Å². The Morgan fingerprint density at radius 3 is 1.05 bits per heavy atom. The second kappa shape index (κ2) is 21.8. The topological polar surface area (TPSA) is 37.6 Å². The molecule has 13 aromatic carbocycles. The van der Waals surface area contributed by atoms with Crippen LogP contribution in [0.3, 0.4) is 0 Å². The third kappa shape index (κ3) is 8.08. The average Bonchev–Trinajstić information content (AvgIpc) is 1.52. The Bertz CT molecular complexity index is 6910. The maximum atomic E-state index is 6.93. The maximum absolute atomic E-state index is 6.93. The van der Waals surface area contributed by atoms with Gasteiger partial charge < -0.3 is 37.4 Å². The van der Waals surface area contributed by atoms with Crippen molar-refractivity contribution in [2.24, 2.45) is 0 Å². The van der Waals surface area contributed by atoms with Gasteiger partial charge in [0.25, 0.3) is 0 Å². The third-order valence-corrected chi connectivity index (χ3v) is 21.3. The Labute approximate surface area is 586 Å². The number of rotatable bonds is 7. The number of para-hydroxylation sites is 7. The normalized spacial score (nSPS) is 12.7. The molecule has 2 aliphatic rings. The van der Waals surface area contributed by atoms with Crippen LogP contribution in [0.5, 0.6) is 11.5 Å². The molecular formula is C94H59N7O. The average molecular weight is 1300 g/mol. The first kappa shape index (κ1) is 56.2. The minimum atomic E-state index is 0.843. The molecule has 8 aromatic heterocycles. The molecule has 0 saturated carbocycles. The molecule has 0 fully saturated rings. The van der Waals surface area contributed by atoms with Gasteiger partial charge in [-0.15, -0.1) is 0 Å². The summed E-state index contributed by atoms with van der Waals surface area (Å²) in [5.41, 5.74) is 29.0. The molecule has 0 amide bonds. The molecule has 8 nitrogen and oxygen atoms in total. The number of nitrogens with zero attached hydrogens (tertiary/aromatic N) is 7. The maximum Gasteiger partial charge on any atom is 0.178 e. The van der Waals surface area contributed by atoms with Crippen molar-refractivity contribution in [3.05, 3.63) is 358 Å². The van der Waals surface area contributed by atoms with Crippen LogP contribution < -0.4 is 19.4 Å². The van der Waals surface area contributed by atoms with Gasteiger partial charge in [0.2, 0.25) is 0 Å². The van der Waals surface area contributed by atoms with Crippen molar-refractivity contribution in [3.8, 4) is 45.1 Å². The summed E-state index contributed by atoms with van der Waals surface area (Å²) in [7, 11) is 0. The third-order valence-electron chi connectivity index (χ3n) is 21.3. The van der Waals surface area contributed by atoms with Gasteiger partial charge in [0.15, 0.2) is 11.5 Å². The lowest BCUT2D eigenvalue weighted by molar-refractivity contribution is 0.484. The quantitative estimate of drug-likeness (QED) is 0.159. The lowest BCUT2D eigenvalue weighted by Gasteiger charge is -2.39. The minimum absolute atomic E-state index is 0.843. The van der Waals surface area contributed by atoms with E-state index in [4.69, 9.17) is 4.74 Å². The number of benzene rings is 13. The zero-order valence-corrected chi connectivity index (χ0v) is 55.1. The number of hydrogen-bond acceptors (Lipinski definition) is 4. The van der Waals surface area contributed by atoms with Crippen LogP contribution in [0.2, 0.25) is 0 Å². The molecule has 0 unspecified atom stereocenters. The first-order chi connectivity index (χ1) is 50.7. The van der Waals surface area contributed by atoms with Gasteiger partial charge in [-0.25, -0.2) is 0 Å². The van der Waals surface area contributed by atoms with Gasteiger partial charge in [0.1, 0.15) is 5.69 Å². The monoisotopic (exact) mass is 1300 g/mol. The number of hydrogen-bond donors (Lipinski definition) is 0. The van der Waals surface area contributed by atoms with E-state index in [9.17, 15) is 0 Å². The van der Waals surface area contributed by atoms with Crippen molar-refractivity contribution >= 4 is 149 Å². The molecule has 0 N–H and O–H groups in total. The molecule has 476 valence electrons. The number of fused-ring (bicyclic) bond motifs is 20.